The lowest BCUT2D eigenvalue weighted by Gasteiger charge is -2.15. The molecule has 0 saturated heterocycles. The topological polar surface area (TPSA) is 35.2 Å². The number of rotatable bonds is 3. The van der Waals surface area contributed by atoms with Gasteiger partial charge in [0.15, 0.2) is 0 Å². The first kappa shape index (κ1) is 11.5. The highest BCUT2D eigenvalue weighted by Crippen LogP contribution is 2.23. The van der Waals surface area contributed by atoms with E-state index in [1.54, 1.807) is 12.1 Å². The molecule has 3 heteroatoms. The zero-order valence-electron chi connectivity index (χ0n) is 9.56. The molecular weight excluding hydrogens is 217 g/mol. The number of ether oxygens (including phenoxy) is 1. The highest BCUT2D eigenvalue weighted by Gasteiger charge is 2.07. The van der Waals surface area contributed by atoms with Gasteiger partial charge < -0.3 is 10.5 Å². The smallest absolute Gasteiger partial charge is 0.126 e. The van der Waals surface area contributed by atoms with Crippen molar-refractivity contribution in [3.05, 3.63) is 59.9 Å². The molecule has 2 nitrogen and oxygen atoms in total. The summed E-state index contributed by atoms with van der Waals surface area (Å²) in [5.41, 5.74) is 7.36. The minimum Gasteiger partial charge on any atom is -0.486 e. The highest BCUT2D eigenvalue weighted by molar-refractivity contribution is 5.41. The average Bonchev–Trinajstić information content (AvgIpc) is 2.29. The highest BCUT2D eigenvalue weighted by atomic mass is 19.1. The molecule has 0 aliphatic carbocycles. The van der Waals surface area contributed by atoms with Gasteiger partial charge in [-0.1, -0.05) is 18.2 Å². The maximum Gasteiger partial charge on any atom is 0.126 e. The normalized spacial score (nSPS) is 12.1. The van der Waals surface area contributed by atoms with Crippen molar-refractivity contribution in [2.75, 3.05) is 5.73 Å². The van der Waals surface area contributed by atoms with E-state index in [1.807, 2.05) is 31.2 Å². The monoisotopic (exact) mass is 231 g/mol. The Morgan fingerprint density at radius 1 is 1.12 bits per heavy atom. The van der Waals surface area contributed by atoms with E-state index in [9.17, 15) is 4.39 Å². The Morgan fingerprint density at radius 2 is 1.88 bits per heavy atom. The maximum atomic E-state index is 13.0. The van der Waals surface area contributed by atoms with Gasteiger partial charge in [-0.3, -0.25) is 0 Å². The third-order valence-corrected chi connectivity index (χ3v) is 2.49. The Bertz CT molecular complexity index is 513. The second-order valence-corrected chi connectivity index (χ2v) is 3.89. The third kappa shape index (κ3) is 2.97. The fraction of sp³-hybridized carbons (Fsp3) is 0.143. The molecule has 0 bridgehead atoms. The van der Waals surface area contributed by atoms with Gasteiger partial charge in [0.05, 0.1) is 0 Å². The van der Waals surface area contributed by atoms with Gasteiger partial charge in [-0.15, -0.1) is 0 Å². The summed E-state index contributed by atoms with van der Waals surface area (Å²) >= 11 is 0. The van der Waals surface area contributed by atoms with Crippen molar-refractivity contribution in [1.29, 1.82) is 0 Å². The van der Waals surface area contributed by atoms with E-state index in [0.717, 1.165) is 5.56 Å². The van der Waals surface area contributed by atoms with E-state index in [1.165, 1.54) is 12.1 Å². The maximum absolute atomic E-state index is 13.0. The van der Waals surface area contributed by atoms with Crippen molar-refractivity contribution < 1.29 is 9.13 Å². The number of nitrogens with two attached hydrogens (primary N) is 1. The largest absolute Gasteiger partial charge is 0.486 e. The van der Waals surface area contributed by atoms with E-state index in [-0.39, 0.29) is 11.9 Å². The molecule has 2 aromatic carbocycles. The lowest BCUT2D eigenvalue weighted by molar-refractivity contribution is 0.226. The molecular formula is C14H14FNO. The number of nitrogen functional groups attached to an aromatic ring is 1. The van der Waals surface area contributed by atoms with Gasteiger partial charge >= 0.3 is 0 Å². The van der Waals surface area contributed by atoms with E-state index in [4.69, 9.17) is 10.5 Å². The predicted octanol–water partition coefficient (Wildman–Crippen LogP) is 3.55. The number of halogens is 1. The fourth-order valence-electron chi connectivity index (χ4n) is 1.62. The van der Waals surface area contributed by atoms with Crippen molar-refractivity contribution in [2.24, 2.45) is 0 Å². The Kier molecular flexibility index (Phi) is 3.28. The van der Waals surface area contributed by atoms with Gasteiger partial charge in [-0.05, 0) is 36.8 Å². The molecule has 88 valence electrons. The van der Waals surface area contributed by atoms with Crippen LogP contribution in [0.15, 0.2) is 48.5 Å². The summed E-state index contributed by atoms with van der Waals surface area (Å²) in [7, 11) is 0. The molecule has 0 spiro atoms. The van der Waals surface area contributed by atoms with Gasteiger partial charge in [-0.2, -0.15) is 0 Å². The van der Waals surface area contributed by atoms with Crippen LogP contribution in [0.3, 0.4) is 0 Å². The average molecular weight is 231 g/mol. The summed E-state index contributed by atoms with van der Waals surface area (Å²) in [4.78, 5) is 0. The molecule has 0 fully saturated rings. The number of hydrogen-bond donors (Lipinski definition) is 1. The Hall–Kier alpha value is -2.03. The first-order valence-electron chi connectivity index (χ1n) is 5.43. The molecule has 0 aliphatic heterocycles. The van der Waals surface area contributed by atoms with Crippen LogP contribution in [0.4, 0.5) is 10.1 Å². The molecule has 2 rings (SSSR count). The van der Waals surface area contributed by atoms with Crippen molar-refractivity contribution in [3.8, 4) is 5.75 Å². The third-order valence-electron chi connectivity index (χ3n) is 2.49. The van der Waals surface area contributed by atoms with Crippen LogP contribution >= 0.6 is 0 Å². The van der Waals surface area contributed by atoms with E-state index in [2.05, 4.69) is 0 Å². The standard InChI is InChI=1S/C14H14FNO/c1-10(11-4-2-6-13(16)8-11)17-14-7-3-5-12(15)9-14/h2-10H,16H2,1H3. The second-order valence-electron chi connectivity index (χ2n) is 3.89. The summed E-state index contributed by atoms with van der Waals surface area (Å²) < 4.78 is 18.6. The van der Waals surface area contributed by atoms with Crippen molar-refractivity contribution in [3.63, 3.8) is 0 Å². The Labute approximate surface area is 99.8 Å². The van der Waals surface area contributed by atoms with Crippen LogP contribution in [0.2, 0.25) is 0 Å². The lowest BCUT2D eigenvalue weighted by atomic mass is 10.1. The second kappa shape index (κ2) is 4.87. The van der Waals surface area contributed by atoms with Gasteiger partial charge in [0.1, 0.15) is 17.7 Å². The minimum atomic E-state index is -0.303. The Morgan fingerprint density at radius 3 is 2.59 bits per heavy atom. The first-order valence-corrected chi connectivity index (χ1v) is 5.43. The zero-order valence-corrected chi connectivity index (χ0v) is 9.56. The molecule has 0 aromatic heterocycles. The molecule has 0 radical (unpaired) electrons. The molecule has 1 unspecified atom stereocenters. The summed E-state index contributed by atoms with van der Waals surface area (Å²) in [5, 5.41) is 0. The van der Waals surface area contributed by atoms with Gasteiger partial charge in [0.25, 0.3) is 0 Å². The summed E-state index contributed by atoms with van der Waals surface area (Å²) in [6.45, 7) is 1.90. The van der Waals surface area contributed by atoms with E-state index < -0.39 is 0 Å². The van der Waals surface area contributed by atoms with Crippen molar-refractivity contribution in [1.82, 2.24) is 0 Å². The molecule has 0 heterocycles. The Balaban J connectivity index is 2.14. The minimum absolute atomic E-state index is 0.166. The molecule has 2 N–H and O–H groups in total. The number of hydrogen-bond acceptors (Lipinski definition) is 2. The van der Waals surface area contributed by atoms with Crippen molar-refractivity contribution >= 4 is 5.69 Å². The van der Waals surface area contributed by atoms with Crippen LogP contribution in [0, 0.1) is 5.82 Å². The van der Waals surface area contributed by atoms with Gasteiger partial charge in [0, 0.05) is 11.8 Å². The summed E-state index contributed by atoms with van der Waals surface area (Å²) in [6, 6.07) is 13.6. The van der Waals surface area contributed by atoms with E-state index in [0.29, 0.717) is 11.4 Å². The van der Waals surface area contributed by atoms with Crippen molar-refractivity contribution in [2.45, 2.75) is 13.0 Å². The molecule has 1 atom stereocenters. The molecule has 2 aromatic rings. The van der Waals surface area contributed by atoms with Crippen LogP contribution in [0.1, 0.15) is 18.6 Å². The molecule has 0 aliphatic rings. The SMILES string of the molecule is CC(Oc1cccc(F)c1)c1cccc(N)c1. The summed E-state index contributed by atoms with van der Waals surface area (Å²) in [5.74, 6) is 0.210. The van der Waals surface area contributed by atoms with E-state index >= 15 is 0 Å². The number of anilines is 1. The quantitative estimate of drug-likeness (QED) is 0.820. The van der Waals surface area contributed by atoms with Crippen LogP contribution < -0.4 is 10.5 Å². The summed E-state index contributed by atoms with van der Waals surface area (Å²) in [6.07, 6.45) is -0.166. The molecule has 17 heavy (non-hydrogen) atoms. The zero-order chi connectivity index (χ0) is 12.3. The first-order chi connectivity index (χ1) is 8.15. The lowest BCUT2D eigenvalue weighted by Crippen LogP contribution is -2.03. The fourth-order valence-corrected chi connectivity index (χ4v) is 1.62. The molecule has 0 amide bonds. The number of benzene rings is 2. The van der Waals surface area contributed by atoms with Crippen LogP contribution in [-0.4, -0.2) is 0 Å². The van der Waals surface area contributed by atoms with Crippen LogP contribution in [0.5, 0.6) is 5.75 Å². The predicted molar refractivity (Wildman–Crippen MR) is 66.3 cm³/mol. The van der Waals surface area contributed by atoms with Crippen LogP contribution in [-0.2, 0) is 0 Å². The van der Waals surface area contributed by atoms with Gasteiger partial charge in [-0.25, -0.2) is 4.39 Å². The van der Waals surface area contributed by atoms with Crippen LogP contribution in [0.25, 0.3) is 0 Å². The molecule has 0 saturated carbocycles. The van der Waals surface area contributed by atoms with Gasteiger partial charge in [0.2, 0.25) is 0 Å².